The molecule has 0 saturated carbocycles. The van der Waals surface area contributed by atoms with E-state index < -0.39 is 0 Å². The highest BCUT2D eigenvalue weighted by Gasteiger charge is 2.15. The van der Waals surface area contributed by atoms with Crippen LogP contribution < -0.4 is 9.47 Å². The monoisotopic (exact) mass is 378 g/mol. The number of hydrogen-bond donors (Lipinski definition) is 0. The minimum atomic E-state index is -0.252. The van der Waals surface area contributed by atoms with Gasteiger partial charge >= 0.3 is 0 Å². The topological polar surface area (TPSA) is 27.7 Å². The molecule has 1 aromatic rings. The predicted octanol–water partition coefficient (Wildman–Crippen LogP) is 4.57. The summed E-state index contributed by atoms with van der Waals surface area (Å²) in [6.07, 6.45) is 0.833. The van der Waals surface area contributed by atoms with E-state index in [-0.39, 0.29) is 6.29 Å². The number of benzene rings is 1. The van der Waals surface area contributed by atoms with Crippen molar-refractivity contribution in [3.63, 3.8) is 0 Å². The summed E-state index contributed by atoms with van der Waals surface area (Å²) in [7, 11) is 1.70. The summed E-state index contributed by atoms with van der Waals surface area (Å²) in [5.74, 6) is 2.17. The lowest BCUT2D eigenvalue weighted by atomic mass is 9.97. The maximum atomic E-state index is 5.79. The van der Waals surface area contributed by atoms with Gasteiger partial charge in [0.25, 0.3) is 0 Å². The molecule has 3 nitrogen and oxygen atoms in total. The number of ether oxygens (including phenoxy) is 3. The Morgan fingerprint density at radius 2 is 1.84 bits per heavy atom. The lowest BCUT2D eigenvalue weighted by Gasteiger charge is -2.19. The van der Waals surface area contributed by atoms with Crippen molar-refractivity contribution in [2.75, 3.05) is 13.7 Å². The first kappa shape index (κ1) is 16.6. The van der Waals surface area contributed by atoms with Gasteiger partial charge in [-0.25, -0.2) is 0 Å². The van der Waals surface area contributed by atoms with Crippen LogP contribution in [-0.4, -0.2) is 20.0 Å². The third kappa shape index (κ3) is 4.53. The fourth-order valence-electron chi connectivity index (χ4n) is 1.87. The largest absolute Gasteiger partial charge is 0.496 e. The first-order valence-electron chi connectivity index (χ1n) is 6.69. The lowest BCUT2D eigenvalue weighted by Crippen LogP contribution is -2.16. The van der Waals surface area contributed by atoms with Crippen molar-refractivity contribution in [3.8, 4) is 11.5 Å². The Kier molecular flexibility index (Phi) is 6.93. The van der Waals surface area contributed by atoms with Crippen LogP contribution in [0.25, 0.3) is 0 Å². The molecule has 1 aromatic carbocycles. The Hall–Kier alpha value is -0.490. The van der Waals surface area contributed by atoms with Crippen molar-refractivity contribution in [1.82, 2.24) is 0 Å². The van der Waals surface area contributed by atoms with Gasteiger partial charge in [-0.1, -0.05) is 13.8 Å². The Labute approximate surface area is 129 Å². The van der Waals surface area contributed by atoms with Crippen molar-refractivity contribution in [3.05, 3.63) is 21.3 Å². The molecule has 0 aliphatic rings. The van der Waals surface area contributed by atoms with Gasteiger partial charge < -0.3 is 14.2 Å². The van der Waals surface area contributed by atoms with Crippen LogP contribution in [-0.2, 0) is 4.74 Å². The zero-order valence-electron chi connectivity index (χ0n) is 12.3. The molecule has 1 rings (SSSR count). The Morgan fingerprint density at radius 1 is 1.16 bits per heavy atom. The van der Waals surface area contributed by atoms with Crippen LogP contribution in [0.3, 0.4) is 0 Å². The van der Waals surface area contributed by atoms with E-state index in [9.17, 15) is 0 Å². The molecule has 0 saturated heterocycles. The van der Waals surface area contributed by atoms with Crippen LogP contribution in [0.4, 0.5) is 0 Å². The van der Waals surface area contributed by atoms with Crippen molar-refractivity contribution in [1.29, 1.82) is 0 Å². The van der Waals surface area contributed by atoms with E-state index in [4.69, 9.17) is 14.2 Å². The molecule has 0 spiro atoms. The zero-order valence-corrected chi connectivity index (χ0v) is 14.5. The average molecular weight is 378 g/mol. The number of hydrogen-bond acceptors (Lipinski definition) is 3. The second-order valence-corrected chi connectivity index (χ2v) is 5.64. The molecular weight excluding hydrogens is 355 g/mol. The summed E-state index contributed by atoms with van der Waals surface area (Å²) >= 11 is 2.29. The normalized spacial score (nSPS) is 14.0. The van der Waals surface area contributed by atoms with E-state index in [1.807, 2.05) is 19.9 Å². The molecule has 108 valence electrons. The van der Waals surface area contributed by atoms with Gasteiger partial charge in [0.1, 0.15) is 11.5 Å². The van der Waals surface area contributed by atoms with E-state index in [1.54, 1.807) is 7.11 Å². The standard InChI is InChI=1S/C15H23IO3/c1-6-10(3)12-8-13(16)15(9-14(12)17-5)19-11(4)18-7-2/h8-11H,6-7H2,1-5H3. The minimum Gasteiger partial charge on any atom is -0.496 e. The summed E-state index contributed by atoms with van der Waals surface area (Å²) in [6.45, 7) is 8.88. The van der Waals surface area contributed by atoms with E-state index in [0.29, 0.717) is 12.5 Å². The molecule has 0 heterocycles. The van der Waals surface area contributed by atoms with Crippen LogP contribution in [0, 0.1) is 3.57 Å². The summed E-state index contributed by atoms with van der Waals surface area (Å²) in [5.41, 5.74) is 1.23. The summed E-state index contributed by atoms with van der Waals surface area (Å²) in [4.78, 5) is 0. The maximum Gasteiger partial charge on any atom is 0.197 e. The molecule has 0 bridgehead atoms. The highest BCUT2D eigenvalue weighted by molar-refractivity contribution is 14.1. The third-order valence-electron chi connectivity index (χ3n) is 3.12. The van der Waals surface area contributed by atoms with Crippen LogP contribution in [0.2, 0.25) is 0 Å². The summed E-state index contributed by atoms with van der Waals surface area (Å²) in [6, 6.07) is 4.10. The number of methoxy groups -OCH3 is 1. The van der Waals surface area contributed by atoms with E-state index in [0.717, 1.165) is 21.5 Å². The van der Waals surface area contributed by atoms with Crippen LogP contribution in [0.5, 0.6) is 11.5 Å². The first-order valence-corrected chi connectivity index (χ1v) is 7.76. The molecule has 2 atom stereocenters. The second kappa shape index (κ2) is 7.94. The van der Waals surface area contributed by atoms with Crippen molar-refractivity contribution in [2.24, 2.45) is 0 Å². The Morgan fingerprint density at radius 3 is 2.37 bits per heavy atom. The summed E-state index contributed by atoms with van der Waals surface area (Å²) < 4.78 is 17.8. The molecule has 0 N–H and O–H groups in total. The first-order chi connectivity index (χ1) is 9.03. The minimum absolute atomic E-state index is 0.252. The molecule has 2 unspecified atom stereocenters. The quantitative estimate of drug-likeness (QED) is 0.514. The van der Waals surface area contributed by atoms with Gasteiger partial charge in [0, 0.05) is 12.7 Å². The molecule has 4 heteroatoms. The van der Waals surface area contributed by atoms with E-state index in [2.05, 4.69) is 42.5 Å². The van der Waals surface area contributed by atoms with Crippen molar-refractivity contribution in [2.45, 2.75) is 46.3 Å². The molecule has 0 aliphatic carbocycles. The molecule has 0 aromatic heterocycles. The van der Waals surface area contributed by atoms with Gasteiger partial charge in [0.2, 0.25) is 0 Å². The highest BCUT2D eigenvalue weighted by Crippen LogP contribution is 2.36. The number of rotatable bonds is 7. The van der Waals surface area contributed by atoms with Gasteiger partial charge in [0.05, 0.1) is 10.7 Å². The van der Waals surface area contributed by atoms with Crippen LogP contribution >= 0.6 is 22.6 Å². The van der Waals surface area contributed by atoms with Gasteiger partial charge in [-0.3, -0.25) is 0 Å². The number of halogens is 1. The van der Waals surface area contributed by atoms with E-state index >= 15 is 0 Å². The Balaban J connectivity index is 3.02. The molecular formula is C15H23IO3. The van der Waals surface area contributed by atoms with Crippen LogP contribution in [0.15, 0.2) is 12.1 Å². The molecule has 0 fully saturated rings. The fraction of sp³-hybridized carbons (Fsp3) is 0.600. The Bertz CT molecular complexity index is 407. The van der Waals surface area contributed by atoms with Crippen LogP contribution in [0.1, 0.15) is 45.6 Å². The smallest absolute Gasteiger partial charge is 0.197 e. The molecule has 0 aliphatic heterocycles. The summed E-state index contributed by atoms with van der Waals surface area (Å²) in [5, 5.41) is 0. The predicted molar refractivity (Wildman–Crippen MR) is 86.1 cm³/mol. The maximum absolute atomic E-state index is 5.79. The van der Waals surface area contributed by atoms with Gasteiger partial charge in [-0.15, -0.1) is 0 Å². The third-order valence-corrected chi connectivity index (χ3v) is 3.96. The van der Waals surface area contributed by atoms with Gasteiger partial charge in [0.15, 0.2) is 6.29 Å². The van der Waals surface area contributed by atoms with Crippen molar-refractivity contribution < 1.29 is 14.2 Å². The van der Waals surface area contributed by atoms with Gasteiger partial charge in [-0.2, -0.15) is 0 Å². The molecule has 0 amide bonds. The average Bonchev–Trinajstić information content (AvgIpc) is 2.40. The zero-order chi connectivity index (χ0) is 14.4. The van der Waals surface area contributed by atoms with E-state index in [1.165, 1.54) is 5.56 Å². The lowest BCUT2D eigenvalue weighted by molar-refractivity contribution is -0.0618. The second-order valence-electron chi connectivity index (χ2n) is 4.47. The highest BCUT2D eigenvalue weighted by atomic mass is 127. The molecule has 0 radical (unpaired) electrons. The molecule has 19 heavy (non-hydrogen) atoms. The van der Waals surface area contributed by atoms with Gasteiger partial charge in [-0.05, 0) is 60.4 Å². The SMILES string of the molecule is CCOC(C)Oc1cc(OC)c(C(C)CC)cc1I. The van der Waals surface area contributed by atoms with Crippen molar-refractivity contribution >= 4 is 22.6 Å². The fourth-order valence-corrected chi connectivity index (χ4v) is 2.49.